The van der Waals surface area contributed by atoms with Crippen LogP contribution in [0, 0.1) is 6.92 Å². The maximum absolute atomic E-state index is 4.61. The quantitative estimate of drug-likeness (QED) is 0.334. The van der Waals surface area contributed by atoms with Crippen LogP contribution < -0.4 is 10.6 Å². The molecule has 0 saturated heterocycles. The van der Waals surface area contributed by atoms with Gasteiger partial charge in [-0.05, 0) is 38.1 Å². The molecule has 24 heavy (non-hydrogen) atoms. The van der Waals surface area contributed by atoms with E-state index in [1.165, 1.54) is 10.5 Å². The van der Waals surface area contributed by atoms with Crippen molar-refractivity contribution in [3.05, 3.63) is 59.9 Å². The number of thioether (sulfide) groups is 1. The fourth-order valence-electron chi connectivity index (χ4n) is 2.14. The van der Waals surface area contributed by atoms with Crippen molar-refractivity contribution < 1.29 is 0 Å². The van der Waals surface area contributed by atoms with Crippen molar-refractivity contribution in [2.45, 2.75) is 25.2 Å². The highest BCUT2D eigenvalue weighted by Gasteiger charge is 1.99. The van der Waals surface area contributed by atoms with Gasteiger partial charge >= 0.3 is 0 Å². The van der Waals surface area contributed by atoms with Crippen molar-refractivity contribution in [2.24, 2.45) is 4.99 Å². The first-order valence-electron chi connectivity index (χ1n) is 8.39. The van der Waals surface area contributed by atoms with Gasteiger partial charge in [0.2, 0.25) is 0 Å². The van der Waals surface area contributed by atoms with E-state index in [0.717, 1.165) is 43.5 Å². The van der Waals surface area contributed by atoms with Gasteiger partial charge in [0.05, 0.1) is 0 Å². The minimum Gasteiger partial charge on any atom is -0.357 e. The van der Waals surface area contributed by atoms with Crippen LogP contribution in [0.3, 0.4) is 0 Å². The molecule has 0 fully saturated rings. The summed E-state index contributed by atoms with van der Waals surface area (Å²) >= 11 is 1.85. The Morgan fingerprint density at radius 2 is 1.96 bits per heavy atom. The zero-order valence-corrected chi connectivity index (χ0v) is 15.3. The summed E-state index contributed by atoms with van der Waals surface area (Å²) in [4.78, 5) is 10.2. The first-order valence-corrected chi connectivity index (χ1v) is 9.38. The van der Waals surface area contributed by atoms with Gasteiger partial charge < -0.3 is 10.6 Å². The first-order chi connectivity index (χ1) is 11.8. The second-order valence-corrected chi connectivity index (χ2v) is 6.59. The van der Waals surface area contributed by atoms with Crippen molar-refractivity contribution in [2.75, 3.05) is 25.4 Å². The Morgan fingerprint density at radius 1 is 1.12 bits per heavy atom. The molecule has 1 aromatic heterocycles. The molecule has 4 nitrogen and oxygen atoms in total. The number of aromatic nitrogens is 1. The SMILES string of the molecule is CCNC(=NCCc1ccccn1)NCCSc1ccc(C)cc1. The van der Waals surface area contributed by atoms with Gasteiger partial charge in [-0.2, -0.15) is 0 Å². The molecule has 2 aromatic rings. The number of guanidine groups is 1. The van der Waals surface area contributed by atoms with Gasteiger partial charge in [-0.3, -0.25) is 9.98 Å². The summed E-state index contributed by atoms with van der Waals surface area (Å²) in [6.45, 7) is 6.67. The molecule has 0 unspecified atom stereocenters. The zero-order chi connectivity index (χ0) is 17.0. The molecular formula is C19H26N4S. The molecular weight excluding hydrogens is 316 g/mol. The number of nitrogens with zero attached hydrogens (tertiary/aromatic N) is 2. The normalized spacial score (nSPS) is 11.3. The number of pyridine rings is 1. The van der Waals surface area contributed by atoms with Crippen molar-refractivity contribution in [1.29, 1.82) is 0 Å². The van der Waals surface area contributed by atoms with Gasteiger partial charge in [-0.25, -0.2) is 0 Å². The molecule has 0 aliphatic rings. The Hall–Kier alpha value is -2.01. The molecule has 1 heterocycles. The molecule has 2 rings (SSSR count). The van der Waals surface area contributed by atoms with Crippen molar-refractivity contribution in [3.8, 4) is 0 Å². The minimum absolute atomic E-state index is 0.734. The van der Waals surface area contributed by atoms with E-state index in [1.807, 2.05) is 36.2 Å². The lowest BCUT2D eigenvalue weighted by molar-refractivity contribution is 0.830. The number of hydrogen-bond donors (Lipinski definition) is 2. The highest BCUT2D eigenvalue weighted by molar-refractivity contribution is 7.99. The number of nitrogens with one attached hydrogen (secondary N) is 2. The molecule has 0 amide bonds. The molecule has 2 N–H and O–H groups in total. The van der Waals surface area contributed by atoms with Crippen LogP contribution in [0.25, 0.3) is 0 Å². The molecule has 0 aliphatic heterocycles. The van der Waals surface area contributed by atoms with Crippen molar-refractivity contribution in [3.63, 3.8) is 0 Å². The summed E-state index contributed by atoms with van der Waals surface area (Å²) < 4.78 is 0. The van der Waals surface area contributed by atoms with Gasteiger partial charge in [-0.15, -0.1) is 11.8 Å². The highest BCUT2D eigenvalue weighted by atomic mass is 32.2. The lowest BCUT2D eigenvalue weighted by Crippen LogP contribution is -2.38. The lowest BCUT2D eigenvalue weighted by atomic mass is 10.2. The summed E-state index contributed by atoms with van der Waals surface area (Å²) in [5.74, 6) is 1.88. The van der Waals surface area contributed by atoms with E-state index in [1.54, 1.807) is 0 Å². The molecule has 0 atom stereocenters. The van der Waals surface area contributed by atoms with Gasteiger partial charge in [0, 0.05) is 48.6 Å². The largest absolute Gasteiger partial charge is 0.357 e. The highest BCUT2D eigenvalue weighted by Crippen LogP contribution is 2.17. The number of hydrogen-bond acceptors (Lipinski definition) is 3. The van der Waals surface area contributed by atoms with Crippen LogP contribution in [0.2, 0.25) is 0 Å². The molecule has 0 spiro atoms. The first kappa shape index (κ1) is 18.3. The Labute approximate surface area is 149 Å². The monoisotopic (exact) mass is 342 g/mol. The van der Waals surface area contributed by atoms with Crippen molar-refractivity contribution >= 4 is 17.7 Å². The number of aryl methyl sites for hydroxylation is 1. The molecule has 0 bridgehead atoms. The van der Waals surface area contributed by atoms with E-state index in [0.29, 0.717) is 0 Å². The smallest absolute Gasteiger partial charge is 0.191 e. The summed E-state index contributed by atoms with van der Waals surface area (Å²) in [7, 11) is 0. The van der Waals surface area contributed by atoms with E-state index in [9.17, 15) is 0 Å². The molecule has 128 valence electrons. The topological polar surface area (TPSA) is 49.3 Å². The van der Waals surface area contributed by atoms with Crippen LogP contribution >= 0.6 is 11.8 Å². The van der Waals surface area contributed by atoms with Crippen molar-refractivity contribution in [1.82, 2.24) is 15.6 Å². The van der Waals surface area contributed by atoms with Crippen LogP contribution in [-0.4, -0.2) is 36.3 Å². The summed E-state index contributed by atoms with van der Waals surface area (Å²) in [5, 5.41) is 6.67. The maximum Gasteiger partial charge on any atom is 0.191 e. The third kappa shape index (κ3) is 7.04. The van der Waals surface area contributed by atoms with E-state index < -0.39 is 0 Å². The second kappa shape index (κ2) is 10.7. The summed E-state index contributed by atoms with van der Waals surface area (Å²) in [6.07, 6.45) is 2.68. The standard InChI is InChI=1S/C19H26N4S/c1-3-20-19(22-13-11-17-6-4-5-12-21-17)23-14-15-24-18-9-7-16(2)8-10-18/h4-10,12H,3,11,13-15H2,1-2H3,(H2,20,22,23). The minimum atomic E-state index is 0.734. The summed E-state index contributed by atoms with van der Waals surface area (Å²) in [6, 6.07) is 14.6. The molecule has 0 aliphatic carbocycles. The maximum atomic E-state index is 4.61. The van der Waals surface area contributed by atoms with E-state index in [4.69, 9.17) is 0 Å². The second-order valence-electron chi connectivity index (χ2n) is 5.42. The molecule has 1 aromatic carbocycles. The van der Waals surface area contributed by atoms with Crippen LogP contribution in [-0.2, 0) is 6.42 Å². The zero-order valence-electron chi connectivity index (χ0n) is 14.5. The lowest BCUT2D eigenvalue weighted by Gasteiger charge is -2.11. The summed E-state index contributed by atoms with van der Waals surface area (Å²) in [5.41, 5.74) is 2.37. The number of benzene rings is 1. The van der Waals surface area contributed by atoms with Crippen LogP contribution in [0.5, 0.6) is 0 Å². The van der Waals surface area contributed by atoms with Gasteiger partial charge in [0.1, 0.15) is 0 Å². The molecule has 5 heteroatoms. The fraction of sp³-hybridized carbons (Fsp3) is 0.368. The fourth-order valence-corrected chi connectivity index (χ4v) is 2.91. The Kier molecular flexibility index (Phi) is 8.18. The predicted octanol–water partition coefficient (Wildman–Crippen LogP) is 3.28. The van der Waals surface area contributed by atoms with Gasteiger partial charge in [-0.1, -0.05) is 23.8 Å². The Morgan fingerprint density at radius 3 is 2.67 bits per heavy atom. The van der Waals surface area contributed by atoms with E-state index >= 15 is 0 Å². The number of aliphatic imine (C=N–C) groups is 1. The molecule has 0 saturated carbocycles. The van der Waals surface area contributed by atoms with Crippen LogP contribution in [0.4, 0.5) is 0 Å². The Balaban J connectivity index is 1.71. The molecule has 0 radical (unpaired) electrons. The van der Waals surface area contributed by atoms with Gasteiger partial charge in [0.25, 0.3) is 0 Å². The third-order valence-electron chi connectivity index (χ3n) is 3.39. The van der Waals surface area contributed by atoms with E-state index in [2.05, 4.69) is 58.7 Å². The van der Waals surface area contributed by atoms with Crippen LogP contribution in [0.15, 0.2) is 58.5 Å². The number of rotatable bonds is 8. The Bertz CT molecular complexity index is 611. The average molecular weight is 343 g/mol. The third-order valence-corrected chi connectivity index (χ3v) is 4.41. The van der Waals surface area contributed by atoms with Crippen LogP contribution in [0.1, 0.15) is 18.2 Å². The predicted molar refractivity (Wildman–Crippen MR) is 104 cm³/mol. The van der Waals surface area contributed by atoms with Gasteiger partial charge in [0.15, 0.2) is 5.96 Å². The average Bonchev–Trinajstić information content (AvgIpc) is 2.61. The van der Waals surface area contributed by atoms with E-state index in [-0.39, 0.29) is 0 Å².